The van der Waals surface area contributed by atoms with Crippen LogP contribution in [0.4, 0.5) is 0 Å². The molecule has 0 aliphatic heterocycles. The molecule has 22 heavy (non-hydrogen) atoms. The van der Waals surface area contributed by atoms with Crippen LogP contribution in [0, 0.1) is 0 Å². The van der Waals surface area contributed by atoms with E-state index >= 15 is 0 Å². The van der Waals surface area contributed by atoms with E-state index in [0.29, 0.717) is 0 Å². The summed E-state index contributed by atoms with van der Waals surface area (Å²) in [6.45, 7) is 6.76. The highest BCUT2D eigenvalue weighted by Crippen LogP contribution is 2.48. The molecule has 0 fully saturated rings. The van der Waals surface area contributed by atoms with Gasteiger partial charge in [-0.1, -0.05) is 81.4 Å². The summed E-state index contributed by atoms with van der Waals surface area (Å²) in [6.07, 6.45) is 0. The molecule has 0 atom stereocenters. The van der Waals surface area contributed by atoms with Crippen LogP contribution in [0.2, 0.25) is 0 Å². The standard InChI is InChI=1S/C22H20/c1-22(2,3)17-11-8-15(9-12-17)16-10-13-20-18-6-4-5-7-19(18)21(20)14-16/h4-14H,1-3H3. The lowest BCUT2D eigenvalue weighted by Gasteiger charge is -2.24. The fourth-order valence-corrected chi connectivity index (χ4v) is 3.23. The molecule has 0 unspecified atom stereocenters. The highest BCUT2D eigenvalue weighted by Gasteiger charge is 2.21. The summed E-state index contributed by atoms with van der Waals surface area (Å²) in [5.41, 5.74) is 9.70. The summed E-state index contributed by atoms with van der Waals surface area (Å²) in [4.78, 5) is 0. The van der Waals surface area contributed by atoms with Crippen LogP contribution in [0.15, 0.2) is 66.7 Å². The van der Waals surface area contributed by atoms with Crippen molar-refractivity contribution in [1.29, 1.82) is 0 Å². The van der Waals surface area contributed by atoms with Gasteiger partial charge >= 0.3 is 0 Å². The van der Waals surface area contributed by atoms with E-state index in [4.69, 9.17) is 0 Å². The molecule has 0 aromatic heterocycles. The number of hydrogen-bond donors (Lipinski definition) is 0. The second-order valence-electron chi connectivity index (χ2n) is 7.13. The van der Waals surface area contributed by atoms with Crippen molar-refractivity contribution in [2.45, 2.75) is 26.2 Å². The van der Waals surface area contributed by atoms with Crippen molar-refractivity contribution in [3.63, 3.8) is 0 Å². The Balaban J connectivity index is 1.72. The molecule has 3 aromatic carbocycles. The van der Waals surface area contributed by atoms with Crippen LogP contribution >= 0.6 is 0 Å². The Morgan fingerprint density at radius 2 is 1.09 bits per heavy atom. The molecule has 0 N–H and O–H groups in total. The summed E-state index contributed by atoms with van der Waals surface area (Å²) in [5, 5.41) is 0. The average molecular weight is 284 g/mol. The zero-order valence-corrected chi connectivity index (χ0v) is 13.4. The van der Waals surface area contributed by atoms with E-state index in [0.717, 1.165) is 0 Å². The van der Waals surface area contributed by atoms with Gasteiger partial charge in [-0.2, -0.15) is 0 Å². The molecular formula is C22H20. The van der Waals surface area contributed by atoms with Gasteiger partial charge in [-0.3, -0.25) is 0 Å². The molecule has 0 heteroatoms. The number of benzene rings is 3. The molecule has 0 amide bonds. The summed E-state index contributed by atoms with van der Waals surface area (Å²) < 4.78 is 0. The van der Waals surface area contributed by atoms with Gasteiger partial charge in [-0.15, -0.1) is 0 Å². The molecule has 0 nitrogen and oxygen atoms in total. The van der Waals surface area contributed by atoms with Gasteiger partial charge < -0.3 is 0 Å². The first-order valence-electron chi connectivity index (χ1n) is 7.89. The lowest BCUT2D eigenvalue weighted by molar-refractivity contribution is 0.590. The Bertz CT molecular complexity index is 846. The van der Waals surface area contributed by atoms with Crippen molar-refractivity contribution in [1.82, 2.24) is 0 Å². The monoisotopic (exact) mass is 284 g/mol. The highest BCUT2D eigenvalue weighted by atomic mass is 14.2. The highest BCUT2D eigenvalue weighted by molar-refractivity contribution is 6.03. The Kier molecular flexibility index (Phi) is 2.77. The van der Waals surface area contributed by atoms with Crippen molar-refractivity contribution in [3.05, 3.63) is 72.3 Å². The third kappa shape index (κ3) is 1.99. The second-order valence-corrected chi connectivity index (χ2v) is 7.13. The lowest BCUT2D eigenvalue weighted by Crippen LogP contribution is -2.10. The van der Waals surface area contributed by atoms with E-state index in [1.165, 1.54) is 38.9 Å². The zero-order chi connectivity index (χ0) is 15.3. The molecule has 1 aliphatic carbocycles. The van der Waals surface area contributed by atoms with Crippen LogP contribution in [-0.4, -0.2) is 0 Å². The smallest absolute Gasteiger partial charge is 0.00928 e. The van der Waals surface area contributed by atoms with Crippen molar-refractivity contribution in [2.75, 3.05) is 0 Å². The number of rotatable bonds is 1. The van der Waals surface area contributed by atoms with E-state index in [2.05, 4.69) is 87.5 Å². The van der Waals surface area contributed by atoms with Crippen molar-refractivity contribution in [3.8, 4) is 33.4 Å². The van der Waals surface area contributed by atoms with Gasteiger partial charge in [0.05, 0.1) is 0 Å². The molecular weight excluding hydrogens is 264 g/mol. The number of fused-ring (bicyclic) bond motifs is 4. The van der Waals surface area contributed by atoms with E-state index in [1.807, 2.05) is 0 Å². The Morgan fingerprint density at radius 3 is 1.73 bits per heavy atom. The maximum absolute atomic E-state index is 2.32. The maximum atomic E-state index is 2.32. The summed E-state index contributed by atoms with van der Waals surface area (Å²) in [7, 11) is 0. The van der Waals surface area contributed by atoms with Gasteiger partial charge in [0.1, 0.15) is 0 Å². The van der Waals surface area contributed by atoms with Gasteiger partial charge in [0.15, 0.2) is 0 Å². The minimum atomic E-state index is 0.206. The van der Waals surface area contributed by atoms with E-state index in [9.17, 15) is 0 Å². The molecule has 0 saturated carbocycles. The molecule has 0 radical (unpaired) electrons. The largest absolute Gasteiger partial charge is 0.0616 e. The first-order valence-corrected chi connectivity index (χ1v) is 7.89. The molecule has 0 heterocycles. The molecule has 108 valence electrons. The van der Waals surface area contributed by atoms with Crippen LogP contribution in [0.5, 0.6) is 0 Å². The van der Waals surface area contributed by atoms with Crippen LogP contribution in [-0.2, 0) is 5.41 Å². The molecule has 0 spiro atoms. The van der Waals surface area contributed by atoms with Gasteiger partial charge in [0.2, 0.25) is 0 Å². The van der Waals surface area contributed by atoms with Crippen molar-refractivity contribution >= 4 is 0 Å². The Labute approximate surface area is 132 Å². The van der Waals surface area contributed by atoms with Crippen molar-refractivity contribution in [2.24, 2.45) is 0 Å². The minimum absolute atomic E-state index is 0.206. The zero-order valence-electron chi connectivity index (χ0n) is 13.4. The average Bonchev–Trinajstić information content (AvgIpc) is 2.51. The third-order valence-corrected chi connectivity index (χ3v) is 4.61. The first kappa shape index (κ1) is 13.3. The third-order valence-electron chi connectivity index (χ3n) is 4.61. The van der Waals surface area contributed by atoms with Gasteiger partial charge in [0.25, 0.3) is 0 Å². The van der Waals surface area contributed by atoms with E-state index in [1.54, 1.807) is 0 Å². The summed E-state index contributed by atoms with van der Waals surface area (Å²) in [6, 6.07) is 24.5. The SMILES string of the molecule is CC(C)(C)c1ccc(-c2ccc3c(c2)-c2ccccc2-3)cc1. The maximum Gasteiger partial charge on any atom is -0.00928 e. The molecule has 3 aromatic rings. The number of hydrogen-bond acceptors (Lipinski definition) is 0. The normalized spacial score (nSPS) is 12.3. The van der Waals surface area contributed by atoms with E-state index in [-0.39, 0.29) is 5.41 Å². The van der Waals surface area contributed by atoms with Crippen LogP contribution < -0.4 is 0 Å². The van der Waals surface area contributed by atoms with E-state index < -0.39 is 0 Å². The Morgan fingerprint density at radius 1 is 0.545 bits per heavy atom. The molecule has 1 aliphatic rings. The molecule has 0 bridgehead atoms. The van der Waals surface area contributed by atoms with Gasteiger partial charge in [-0.25, -0.2) is 0 Å². The topological polar surface area (TPSA) is 0 Å². The fourth-order valence-electron chi connectivity index (χ4n) is 3.23. The molecule has 4 rings (SSSR count). The lowest BCUT2D eigenvalue weighted by atomic mass is 9.79. The second kappa shape index (κ2) is 4.58. The minimum Gasteiger partial charge on any atom is -0.0616 e. The summed E-state index contributed by atoms with van der Waals surface area (Å²) >= 11 is 0. The first-order chi connectivity index (χ1) is 10.5. The fraction of sp³-hybridized carbons (Fsp3) is 0.182. The predicted octanol–water partition coefficient (Wildman–Crippen LogP) is 6.30. The molecule has 0 saturated heterocycles. The van der Waals surface area contributed by atoms with Gasteiger partial charge in [0, 0.05) is 0 Å². The quantitative estimate of drug-likeness (QED) is 0.385. The van der Waals surface area contributed by atoms with Crippen molar-refractivity contribution < 1.29 is 0 Å². The van der Waals surface area contributed by atoms with Crippen LogP contribution in [0.25, 0.3) is 33.4 Å². The van der Waals surface area contributed by atoms with Crippen LogP contribution in [0.3, 0.4) is 0 Å². The summed E-state index contributed by atoms with van der Waals surface area (Å²) in [5.74, 6) is 0. The Hall–Kier alpha value is -2.34. The predicted molar refractivity (Wildman–Crippen MR) is 95.0 cm³/mol. The van der Waals surface area contributed by atoms with Crippen LogP contribution in [0.1, 0.15) is 26.3 Å². The van der Waals surface area contributed by atoms with Gasteiger partial charge in [-0.05, 0) is 50.4 Å².